The molecule has 0 bridgehead atoms. The van der Waals surface area contributed by atoms with E-state index in [1.807, 2.05) is 0 Å². The van der Waals surface area contributed by atoms with E-state index < -0.39 is 63.6 Å². The summed E-state index contributed by atoms with van der Waals surface area (Å²) in [5.74, 6) is 0. The van der Waals surface area contributed by atoms with Crippen molar-refractivity contribution in [2.45, 2.75) is 69.0 Å². The lowest BCUT2D eigenvalue weighted by Gasteiger charge is -2.25. The van der Waals surface area contributed by atoms with Gasteiger partial charge in [0, 0.05) is 0 Å². The van der Waals surface area contributed by atoms with E-state index in [1.54, 1.807) is 0 Å². The standard InChI is InChI=1S/C12H20ClF7Si/c1-21(2,13)6-8(16)10(18)12(20)11(19)9(17)7(15)4-3-5-14/h7-12H,3-6H2,1-2H3. The molecule has 0 aromatic rings. The second kappa shape index (κ2) is 9.22. The summed E-state index contributed by atoms with van der Waals surface area (Å²) in [6.45, 7) is 2.04. The van der Waals surface area contributed by atoms with Gasteiger partial charge in [0.15, 0.2) is 32.1 Å². The zero-order chi connectivity index (χ0) is 16.8. The van der Waals surface area contributed by atoms with E-state index in [2.05, 4.69) is 0 Å². The van der Waals surface area contributed by atoms with Crippen molar-refractivity contribution in [1.29, 1.82) is 0 Å². The Bertz CT molecular complexity index is 289. The zero-order valence-corrected chi connectivity index (χ0v) is 13.6. The van der Waals surface area contributed by atoms with Crippen LogP contribution in [0.4, 0.5) is 30.7 Å². The Labute approximate surface area is 125 Å². The topological polar surface area (TPSA) is 0 Å². The van der Waals surface area contributed by atoms with Gasteiger partial charge in [0.2, 0.25) is 0 Å². The SMILES string of the molecule is C[Si](C)(Cl)CC(F)C(F)C(F)C(F)C(F)C(F)CCCF. The summed E-state index contributed by atoms with van der Waals surface area (Å²) in [7, 11) is -2.57. The van der Waals surface area contributed by atoms with Gasteiger partial charge in [0.25, 0.3) is 0 Å². The molecule has 9 heteroatoms. The van der Waals surface area contributed by atoms with Crippen LogP contribution < -0.4 is 0 Å². The van der Waals surface area contributed by atoms with Crippen LogP contribution in [-0.4, -0.2) is 51.1 Å². The number of rotatable bonds is 10. The summed E-state index contributed by atoms with van der Waals surface area (Å²) in [6, 6.07) is -0.472. The van der Waals surface area contributed by atoms with Crippen molar-refractivity contribution < 1.29 is 30.7 Å². The predicted molar refractivity (Wildman–Crippen MR) is 72.7 cm³/mol. The maximum atomic E-state index is 13.5. The van der Waals surface area contributed by atoms with Gasteiger partial charge in [-0.15, -0.1) is 0 Å². The van der Waals surface area contributed by atoms with Gasteiger partial charge < -0.3 is 0 Å². The Morgan fingerprint density at radius 2 is 1.24 bits per heavy atom. The van der Waals surface area contributed by atoms with Crippen LogP contribution in [0.1, 0.15) is 12.8 Å². The molecule has 0 aromatic heterocycles. The van der Waals surface area contributed by atoms with Crippen LogP contribution >= 0.6 is 11.1 Å². The summed E-state index contributed by atoms with van der Waals surface area (Å²) in [5, 5.41) is 0. The highest BCUT2D eigenvalue weighted by Crippen LogP contribution is 2.29. The van der Waals surface area contributed by atoms with Gasteiger partial charge in [-0.3, -0.25) is 4.39 Å². The third kappa shape index (κ3) is 7.72. The summed E-state index contributed by atoms with van der Waals surface area (Å²) < 4.78 is 92.0. The van der Waals surface area contributed by atoms with Crippen molar-refractivity contribution in [3.05, 3.63) is 0 Å². The first-order valence-corrected chi connectivity index (χ1v) is 10.8. The average Bonchev–Trinajstić information content (AvgIpc) is 2.39. The van der Waals surface area contributed by atoms with Gasteiger partial charge in [0.1, 0.15) is 12.3 Å². The molecule has 6 atom stereocenters. The quantitative estimate of drug-likeness (QED) is 0.285. The van der Waals surface area contributed by atoms with Gasteiger partial charge in [-0.25, -0.2) is 26.3 Å². The monoisotopic (exact) mass is 360 g/mol. The van der Waals surface area contributed by atoms with Crippen LogP contribution in [0.25, 0.3) is 0 Å². The highest BCUT2D eigenvalue weighted by molar-refractivity contribution is 7.19. The molecule has 0 nitrogen and oxygen atoms in total. The maximum Gasteiger partial charge on any atom is 0.168 e. The lowest BCUT2D eigenvalue weighted by Crippen LogP contribution is -2.44. The molecule has 6 unspecified atom stereocenters. The third-order valence-corrected chi connectivity index (χ3v) is 4.72. The number of hydrogen-bond donors (Lipinski definition) is 0. The Kier molecular flexibility index (Phi) is 9.23. The zero-order valence-electron chi connectivity index (χ0n) is 11.8. The van der Waals surface area contributed by atoms with Crippen molar-refractivity contribution in [2.24, 2.45) is 0 Å². The van der Waals surface area contributed by atoms with Crippen LogP contribution in [0.3, 0.4) is 0 Å². The molecular weight excluding hydrogens is 341 g/mol. The van der Waals surface area contributed by atoms with Crippen molar-refractivity contribution in [2.75, 3.05) is 6.67 Å². The van der Waals surface area contributed by atoms with Gasteiger partial charge in [-0.2, -0.15) is 11.1 Å². The predicted octanol–water partition coefficient (Wildman–Crippen LogP) is 5.21. The molecule has 0 saturated carbocycles. The largest absolute Gasteiger partial charge is 0.251 e. The first kappa shape index (κ1) is 21.0. The Balaban J connectivity index is 4.56. The summed E-state index contributed by atoms with van der Waals surface area (Å²) in [6.07, 6.45) is -18.0. The number of halogens is 8. The Morgan fingerprint density at radius 3 is 1.62 bits per heavy atom. The molecule has 0 radical (unpaired) electrons. The Hall–Kier alpha value is 0.0169. The molecule has 0 saturated heterocycles. The van der Waals surface area contributed by atoms with Gasteiger partial charge in [0.05, 0.1) is 6.67 Å². The molecule has 0 spiro atoms. The molecule has 0 N–H and O–H groups in total. The average molecular weight is 361 g/mol. The molecular formula is C12H20ClF7Si. The molecule has 0 heterocycles. The van der Waals surface area contributed by atoms with E-state index in [0.29, 0.717) is 0 Å². The van der Waals surface area contributed by atoms with Crippen LogP contribution in [-0.2, 0) is 0 Å². The van der Waals surface area contributed by atoms with E-state index in [9.17, 15) is 30.7 Å². The van der Waals surface area contributed by atoms with Crippen molar-refractivity contribution in [3.63, 3.8) is 0 Å². The lowest BCUT2D eigenvalue weighted by molar-refractivity contribution is -0.0188. The number of hydrogen-bond acceptors (Lipinski definition) is 0. The first-order valence-electron chi connectivity index (χ1n) is 6.60. The summed E-state index contributed by atoms with van der Waals surface area (Å²) in [5.41, 5.74) is 0. The normalized spacial score (nSPS) is 21.4. The number of alkyl halides is 7. The molecule has 128 valence electrons. The molecule has 0 rings (SSSR count). The molecule has 0 fully saturated rings. The molecule has 0 aromatic carbocycles. The van der Waals surface area contributed by atoms with Crippen LogP contribution in [0.15, 0.2) is 0 Å². The molecule has 0 aliphatic heterocycles. The van der Waals surface area contributed by atoms with Crippen LogP contribution in [0.2, 0.25) is 19.1 Å². The third-order valence-electron chi connectivity index (χ3n) is 2.90. The molecule has 0 aliphatic carbocycles. The molecule has 0 amide bonds. The van der Waals surface area contributed by atoms with Gasteiger partial charge in [-0.1, -0.05) is 13.1 Å². The van der Waals surface area contributed by atoms with E-state index in [1.165, 1.54) is 13.1 Å². The minimum atomic E-state index is -3.15. The van der Waals surface area contributed by atoms with E-state index >= 15 is 0 Å². The smallest absolute Gasteiger partial charge is 0.168 e. The van der Waals surface area contributed by atoms with Crippen molar-refractivity contribution >= 4 is 18.5 Å². The second-order valence-electron chi connectivity index (χ2n) is 5.56. The minimum Gasteiger partial charge on any atom is -0.251 e. The lowest BCUT2D eigenvalue weighted by atomic mass is 10.00. The van der Waals surface area contributed by atoms with Gasteiger partial charge >= 0.3 is 0 Å². The highest BCUT2D eigenvalue weighted by atomic mass is 35.6. The van der Waals surface area contributed by atoms with Gasteiger partial charge in [-0.05, 0) is 18.9 Å². The fraction of sp³-hybridized carbons (Fsp3) is 1.00. The molecule has 21 heavy (non-hydrogen) atoms. The van der Waals surface area contributed by atoms with E-state index in [-0.39, 0.29) is 6.42 Å². The van der Waals surface area contributed by atoms with E-state index in [0.717, 1.165) is 0 Å². The summed E-state index contributed by atoms with van der Waals surface area (Å²) in [4.78, 5) is 0. The minimum absolute atomic E-state index is 0.359. The maximum absolute atomic E-state index is 13.5. The fourth-order valence-corrected chi connectivity index (χ4v) is 3.35. The first-order chi connectivity index (χ1) is 9.51. The highest BCUT2D eigenvalue weighted by Gasteiger charge is 2.44. The Morgan fingerprint density at radius 1 is 0.810 bits per heavy atom. The molecule has 0 aliphatic rings. The van der Waals surface area contributed by atoms with E-state index in [4.69, 9.17) is 11.1 Å². The van der Waals surface area contributed by atoms with Crippen molar-refractivity contribution in [1.82, 2.24) is 0 Å². The van der Waals surface area contributed by atoms with Crippen LogP contribution in [0, 0.1) is 0 Å². The van der Waals surface area contributed by atoms with Crippen LogP contribution in [0.5, 0.6) is 0 Å². The summed E-state index contributed by atoms with van der Waals surface area (Å²) >= 11 is 5.77. The fourth-order valence-electron chi connectivity index (χ4n) is 1.76. The van der Waals surface area contributed by atoms with Crippen molar-refractivity contribution in [3.8, 4) is 0 Å². The second-order valence-corrected chi connectivity index (χ2v) is 12.5.